The van der Waals surface area contributed by atoms with E-state index in [0.29, 0.717) is 0 Å². The standard InChI is InChI=1S/C46H35N3/c1-46(2)41-29-35-19-10-9-18-34(35)28-40(41)38-24-13-25-39(42(38)46)45-48-43(36-22-11-20-32(26-36)30-14-5-3-6-15-30)47-44(49-45)37-23-12-21-33(27-37)31-16-7-4-8-17-31/h3-29,43H,1-2H3,(H,47,48,49). The lowest BCUT2D eigenvalue weighted by Crippen LogP contribution is -2.37. The van der Waals surface area contributed by atoms with Gasteiger partial charge < -0.3 is 5.32 Å². The summed E-state index contributed by atoms with van der Waals surface area (Å²) in [6.07, 6.45) is -0.416. The highest BCUT2D eigenvalue weighted by Crippen LogP contribution is 2.51. The van der Waals surface area contributed by atoms with E-state index >= 15 is 0 Å². The average molecular weight is 630 g/mol. The molecule has 1 aliphatic heterocycles. The quantitative estimate of drug-likeness (QED) is 0.202. The highest BCUT2D eigenvalue weighted by atomic mass is 15.2. The van der Waals surface area contributed by atoms with Gasteiger partial charge >= 0.3 is 0 Å². The second kappa shape index (κ2) is 11.6. The number of hydrogen-bond acceptors (Lipinski definition) is 3. The average Bonchev–Trinajstić information content (AvgIpc) is 3.39. The van der Waals surface area contributed by atoms with Gasteiger partial charge in [-0.2, -0.15) is 0 Å². The van der Waals surface area contributed by atoms with Crippen molar-refractivity contribution in [3.8, 4) is 33.4 Å². The summed E-state index contributed by atoms with van der Waals surface area (Å²) in [5.74, 6) is 1.65. The van der Waals surface area contributed by atoms with E-state index in [0.717, 1.165) is 39.5 Å². The van der Waals surface area contributed by atoms with Crippen molar-refractivity contribution in [3.63, 3.8) is 0 Å². The van der Waals surface area contributed by atoms with Gasteiger partial charge in [0.25, 0.3) is 0 Å². The number of fused-ring (bicyclic) bond motifs is 4. The number of nitrogens with zero attached hydrogens (tertiary/aromatic N) is 2. The van der Waals surface area contributed by atoms with Gasteiger partial charge in [-0.15, -0.1) is 0 Å². The van der Waals surface area contributed by atoms with Crippen LogP contribution in [0.15, 0.2) is 174 Å². The SMILES string of the molecule is CC1(C)c2cc3ccccc3cc2-c2cccc(C3=NC(c4cccc(-c5ccccc5)c4)N=C(c4cccc(-c5ccccc5)c4)N3)c21. The van der Waals surface area contributed by atoms with Gasteiger partial charge in [0, 0.05) is 16.5 Å². The van der Waals surface area contributed by atoms with E-state index in [4.69, 9.17) is 9.98 Å². The van der Waals surface area contributed by atoms with E-state index in [1.165, 1.54) is 44.2 Å². The van der Waals surface area contributed by atoms with Crippen LogP contribution in [-0.4, -0.2) is 11.7 Å². The Hall–Kier alpha value is -6.06. The number of hydrogen-bond donors (Lipinski definition) is 1. The molecule has 3 nitrogen and oxygen atoms in total. The Morgan fingerprint density at radius 2 is 1.00 bits per heavy atom. The molecular formula is C46H35N3. The van der Waals surface area contributed by atoms with Gasteiger partial charge in [0.15, 0.2) is 6.17 Å². The molecular weight excluding hydrogens is 595 g/mol. The van der Waals surface area contributed by atoms with Crippen molar-refractivity contribution in [3.05, 3.63) is 192 Å². The molecule has 9 rings (SSSR count). The largest absolute Gasteiger partial charge is 0.324 e. The minimum Gasteiger partial charge on any atom is -0.324 e. The normalized spacial score (nSPS) is 15.9. The summed E-state index contributed by atoms with van der Waals surface area (Å²) in [5.41, 5.74) is 12.8. The Kier molecular flexibility index (Phi) is 6.87. The van der Waals surface area contributed by atoms with E-state index in [1.54, 1.807) is 0 Å². The molecule has 1 unspecified atom stereocenters. The van der Waals surface area contributed by atoms with Crippen LogP contribution < -0.4 is 5.32 Å². The van der Waals surface area contributed by atoms with E-state index < -0.39 is 6.17 Å². The van der Waals surface area contributed by atoms with Crippen LogP contribution in [0.3, 0.4) is 0 Å². The molecule has 1 N–H and O–H groups in total. The Morgan fingerprint density at radius 3 is 1.73 bits per heavy atom. The first-order valence-electron chi connectivity index (χ1n) is 16.9. The molecule has 1 aliphatic carbocycles. The highest BCUT2D eigenvalue weighted by molar-refractivity contribution is 6.17. The summed E-state index contributed by atoms with van der Waals surface area (Å²) in [6, 6.07) is 58.4. The fraction of sp³-hybridized carbons (Fsp3) is 0.0870. The van der Waals surface area contributed by atoms with E-state index in [9.17, 15) is 0 Å². The van der Waals surface area contributed by atoms with Crippen LogP contribution in [0, 0.1) is 0 Å². The van der Waals surface area contributed by atoms with E-state index in [1.807, 2.05) is 0 Å². The Labute approximate surface area is 287 Å². The van der Waals surface area contributed by atoms with Crippen LogP contribution in [0.5, 0.6) is 0 Å². The molecule has 49 heavy (non-hydrogen) atoms. The minimum atomic E-state index is -0.416. The maximum absolute atomic E-state index is 5.39. The number of benzene rings is 7. The molecule has 0 radical (unpaired) electrons. The fourth-order valence-electron chi connectivity index (χ4n) is 7.63. The molecule has 7 aromatic carbocycles. The summed E-state index contributed by atoms with van der Waals surface area (Å²) in [6.45, 7) is 4.69. The summed E-state index contributed by atoms with van der Waals surface area (Å²) < 4.78 is 0. The number of nitrogens with one attached hydrogen (secondary N) is 1. The third-order valence-corrected chi connectivity index (χ3v) is 10.1. The van der Waals surface area contributed by atoms with Crippen molar-refractivity contribution >= 4 is 22.4 Å². The van der Waals surface area contributed by atoms with Crippen LogP contribution in [0.25, 0.3) is 44.2 Å². The van der Waals surface area contributed by atoms with Gasteiger partial charge in [-0.3, -0.25) is 0 Å². The fourth-order valence-corrected chi connectivity index (χ4v) is 7.63. The maximum atomic E-state index is 5.39. The molecule has 2 aliphatic rings. The Balaban J connectivity index is 1.20. The molecule has 1 heterocycles. The van der Waals surface area contributed by atoms with Crippen molar-refractivity contribution in [1.82, 2.24) is 5.32 Å². The molecule has 234 valence electrons. The van der Waals surface area contributed by atoms with Crippen LogP contribution in [-0.2, 0) is 5.41 Å². The Morgan fingerprint density at radius 1 is 0.449 bits per heavy atom. The molecule has 0 saturated carbocycles. The Bertz CT molecular complexity index is 2440. The topological polar surface area (TPSA) is 36.8 Å². The lowest BCUT2D eigenvalue weighted by molar-refractivity contribution is 0.658. The van der Waals surface area contributed by atoms with Crippen molar-refractivity contribution in [2.24, 2.45) is 9.98 Å². The van der Waals surface area contributed by atoms with Crippen LogP contribution in [0.1, 0.15) is 47.8 Å². The van der Waals surface area contributed by atoms with Crippen molar-refractivity contribution in [2.75, 3.05) is 0 Å². The first-order chi connectivity index (χ1) is 24.0. The molecule has 0 spiro atoms. The van der Waals surface area contributed by atoms with Gasteiger partial charge in [0.05, 0.1) is 0 Å². The minimum absolute atomic E-state index is 0.222. The predicted octanol–water partition coefficient (Wildman–Crippen LogP) is 11.0. The first-order valence-corrected chi connectivity index (χ1v) is 16.9. The van der Waals surface area contributed by atoms with Gasteiger partial charge in [0.2, 0.25) is 0 Å². The van der Waals surface area contributed by atoms with E-state index in [2.05, 4.69) is 183 Å². The van der Waals surface area contributed by atoms with Gasteiger partial charge in [-0.25, -0.2) is 9.98 Å². The van der Waals surface area contributed by atoms with Crippen LogP contribution >= 0.6 is 0 Å². The van der Waals surface area contributed by atoms with Crippen molar-refractivity contribution in [2.45, 2.75) is 25.4 Å². The molecule has 3 heteroatoms. The molecule has 0 fully saturated rings. The number of rotatable bonds is 5. The van der Waals surface area contributed by atoms with Crippen molar-refractivity contribution < 1.29 is 0 Å². The number of aliphatic imine (C=N–C) groups is 2. The molecule has 1 atom stereocenters. The lowest BCUT2D eigenvalue weighted by atomic mass is 9.79. The molecule has 0 bridgehead atoms. The second-order valence-electron chi connectivity index (χ2n) is 13.5. The summed E-state index contributed by atoms with van der Waals surface area (Å²) in [4.78, 5) is 10.7. The molecule has 0 amide bonds. The smallest absolute Gasteiger partial charge is 0.169 e. The number of amidine groups is 2. The molecule has 0 saturated heterocycles. The summed E-state index contributed by atoms with van der Waals surface area (Å²) >= 11 is 0. The second-order valence-corrected chi connectivity index (χ2v) is 13.5. The predicted molar refractivity (Wildman–Crippen MR) is 204 cm³/mol. The zero-order valence-corrected chi connectivity index (χ0v) is 27.6. The first kappa shape index (κ1) is 29.1. The molecule has 7 aromatic rings. The lowest BCUT2D eigenvalue weighted by Gasteiger charge is -2.28. The van der Waals surface area contributed by atoms with E-state index in [-0.39, 0.29) is 5.41 Å². The van der Waals surface area contributed by atoms with Crippen LogP contribution in [0.4, 0.5) is 0 Å². The van der Waals surface area contributed by atoms with Gasteiger partial charge in [-0.05, 0) is 85.1 Å². The monoisotopic (exact) mass is 629 g/mol. The van der Waals surface area contributed by atoms with Crippen molar-refractivity contribution in [1.29, 1.82) is 0 Å². The summed E-state index contributed by atoms with van der Waals surface area (Å²) in [7, 11) is 0. The maximum Gasteiger partial charge on any atom is 0.169 e. The third kappa shape index (κ3) is 5.06. The zero-order chi connectivity index (χ0) is 33.0. The third-order valence-electron chi connectivity index (χ3n) is 10.1. The zero-order valence-electron chi connectivity index (χ0n) is 27.6. The molecule has 0 aromatic heterocycles. The van der Waals surface area contributed by atoms with Gasteiger partial charge in [-0.1, -0.05) is 153 Å². The van der Waals surface area contributed by atoms with Crippen LogP contribution in [0.2, 0.25) is 0 Å². The summed E-state index contributed by atoms with van der Waals surface area (Å²) in [5, 5.41) is 6.26. The highest BCUT2D eigenvalue weighted by Gasteiger charge is 2.39. The van der Waals surface area contributed by atoms with Gasteiger partial charge in [0.1, 0.15) is 11.7 Å².